The van der Waals surface area contributed by atoms with Crippen LogP contribution in [0.5, 0.6) is 5.88 Å². The summed E-state index contributed by atoms with van der Waals surface area (Å²) in [6.45, 7) is 12.8. The molecule has 0 aliphatic carbocycles. The highest BCUT2D eigenvalue weighted by Gasteiger charge is 2.03. The molecule has 5 nitrogen and oxygen atoms in total. The number of aryl methyl sites for hydroxylation is 1. The highest BCUT2D eigenvalue weighted by Crippen LogP contribution is 2.11. The van der Waals surface area contributed by atoms with Crippen molar-refractivity contribution >= 4 is 5.95 Å². The minimum atomic E-state index is 0.620. The number of nitrogens with one attached hydrogen (secondary N) is 1. The number of aromatic nitrogens is 2. The van der Waals surface area contributed by atoms with Crippen molar-refractivity contribution in [1.82, 2.24) is 14.9 Å². The van der Waals surface area contributed by atoms with E-state index in [9.17, 15) is 0 Å². The number of hydrogen-bond acceptors (Lipinski definition) is 5. The number of nitrogens with zero attached hydrogens (tertiary/aromatic N) is 3. The van der Waals surface area contributed by atoms with E-state index in [-0.39, 0.29) is 0 Å². The van der Waals surface area contributed by atoms with Crippen molar-refractivity contribution in [3.05, 3.63) is 11.8 Å². The van der Waals surface area contributed by atoms with E-state index in [0.717, 1.165) is 31.9 Å². The zero-order chi connectivity index (χ0) is 13.4. The average Bonchev–Trinajstić information content (AvgIpc) is 2.34. The first-order valence-corrected chi connectivity index (χ1v) is 6.64. The van der Waals surface area contributed by atoms with Gasteiger partial charge in [-0.2, -0.15) is 4.98 Å². The molecule has 0 aliphatic heterocycles. The van der Waals surface area contributed by atoms with Gasteiger partial charge in [-0.3, -0.25) is 0 Å². The van der Waals surface area contributed by atoms with Gasteiger partial charge < -0.3 is 15.0 Å². The van der Waals surface area contributed by atoms with Gasteiger partial charge in [0.15, 0.2) is 0 Å². The van der Waals surface area contributed by atoms with Crippen LogP contribution in [0.1, 0.15) is 26.5 Å². The molecule has 1 aromatic heterocycles. The van der Waals surface area contributed by atoms with Crippen LogP contribution in [0.15, 0.2) is 6.07 Å². The van der Waals surface area contributed by atoms with E-state index in [4.69, 9.17) is 4.74 Å². The van der Waals surface area contributed by atoms with E-state index in [1.807, 2.05) is 19.9 Å². The van der Waals surface area contributed by atoms with Crippen molar-refractivity contribution in [2.45, 2.75) is 27.7 Å². The molecule has 1 heterocycles. The van der Waals surface area contributed by atoms with Crippen LogP contribution >= 0.6 is 0 Å². The Morgan fingerprint density at radius 2 is 1.94 bits per heavy atom. The van der Waals surface area contributed by atoms with Gasteiger partial charge >= 0.3 is 0 Å². The first kappa shape index (κ1) is 14.7. The first-order valence-electron chi connectivity index (χ1n) is 6.64. The maximum absolute atomic E-state index is 5.40. The Kier molecular flexibility index (Phi) is 6.43. The van der Waals surface area contributed by atoms with Crippen LogP contribution in [-0.2, 0) is 0 Å². The zero-order valence-corrected chi connectivity index (χ0v) is 11.9. The summed E-state index contributed by atoms with van der Waals surface area (Å²) in [5.41, 5.74) is 0.916. The van der Waals surface area contributed by atoms with Crippen molar-refractivity contribution in [2.75, 3.05) is 38.1 Å². The van der Waals surface area contributed by atoms with Crippen LogP contribution in [-0.4, -0.2) is 47.7 Å². The van der Waals surface area contributed by atoms with Crippen LogP contribution in [0.2, 0.25) is 0 Å². The molecule has 0 amide bonds. The van der Waals surface area contributed by atoms with Crippen molar-refractivity contribution in [2.24, 2.45) is 0 Å². The van der Waals surface area contributed by atoms with Crippen LogP contribution < -0.4 is 10.1 Å². The van der Waals surface area contributed by atoms with Gasteiger partial charge in [0, 0.05) is 24.8 Å². The number of rotatable bonds is 8. The van der Waals surface area contributed by atoms with E-state index in [0.29, 0.717) is 18.4 Å². The minimum Gasteiger partial charge on any atom is -0.478 e. The lowest BCUT2D eigenvalue weighted by molar-refractivity contribution is 0.315. The number of anilines is 1. The summed E-state index contributed by atoms with van der Waals surface area (Å²) < 4.78 is 5.40. The van der Waals surface area contributed by atoms with E-state index in [1.54, 1.807) is 0 Å². The van der Waals surface area contributed by atoms with Gasteiger partial charge in [-0.05, 0) is 26.9 Å². The molecule has 0 bridgehead atoms. The van der Waals surface area contributed by atoms with E-state index in [1.165, 1.54) is 0 Å². The van der Waals surface area contributed by atoms with E-state index < -0.39 is 0 Å². The average molecular weight is 252 g/mol. The van der Waals surface area contributed by atoms with Crippen molar-refractivity contribution in [3.63, 3.8) is 0 Å². The molecule has 102 valence electrons. The second-order valence-electron chi connectivity index (χ2n) is 4.06. The third-order valence-electron chi connectivity index (χ3n) is 2.73. The molecule has 1 N–H and O–H groups in total. The van der Waals surface area contributed by atoms with Crippen LogP contribution in [0, 0.1) is 6.92 Å². The maximum atomic E-state index is 5.40. The standard InChI is InChI=1S/C13H24N4O/c1-5-17(6-2)9-8-14-13-15-11(4)10-12(16-13)18-7-3/h10H,5-9H2,1-4H3,(H,14,15,16). The molecular formula is C13H24N4O. The Morgan fingerprint density at radius 1 is 1.22 bits per heavy atom. The van der Waals surface area contributed by atoms with Crippen LogP contribution in [0.25, 0.3) is 0 Å². The predicted molar refractivity (Wildman–Crippen MR) is 74.2 cm³/mol. The third-order valence-corrected chi connectivity index (χ3v) is 2.73. The SMILES string of the molecule is CCOc1cc(C)nc(NCCN(CC)CC)n1. The Hall–Kier alpha value is -1.36. The molecule has 1 aromatic rings. The molecular weight excluding hydrogens is 228 g/mol. The van der Waals surface area contributed by atoms with Gasteiger partial charge in [0.1, 0.15) is 0 Å². The molecule has 0 atom stereocenters. The molecule has 0 radical (unpaired) electrons. The topological polar surface area (TPSA) is 50.3 Å². The molecule has 18 heavy (non-hydrogen) atoms. The monoisotopic (exact) mass is 252 g/mol. The molecule has 0 saturated heterocycles. The summed E-state index contributed by atoms with van der Waals surface area (Å²) in [4.78, 5) is 11.0. The summed E-state index contributed by atoms with van der Waals surface area (Å²) in [5, 5.41) is 3.24. The first-order chi connectivity index (χ1) is 8.69. The maximum Gasteiger partial charge on any atom is 0.226 e. The lowest BCUT2D eigenvalue weighted by Crippen LogP contribution is -2.29. The number of ether oxygens (including phenoxy) is 1. The summed E-state index contributed by atoms with van der Waals surface area (Å²) >= 11 is 0. The molecule has 0 saturated carbocycles. The molecule has 0 fully saturated rings. The summed E-state index contributed by atoms with van der Waals surface area (Å²) in [7, 11) is 0. The van der Waals surface area contributed by atoms with Gasteiger partial charge in [0.05, 0.1) is 6.61 Å². The fourth-order valence-electron chi connectivity index (χ4n) is 1.71. The quantitative estimate of drug-likeness (QED) is 0.766. The van der Waals surface area contributed by atoms with Gasteiger partial charge in [0.25, 0.3) is 0 Å². The Balaban J connectivity index is 2.51. The second kappa shape index (κ2) is 7.87. The molecule has 1 rings (SSSR count). The summed E-state index contributed by atoms with van der Waals surface area (Å²) in [5.74, 6) is 1.28. The molecule has 0 spiro atoms. The van der Waals surface area contributed by atoms with Gasteiger partial charge in [-0.1, -0.05) is 13.8 Å². The Bertz CT molecular complexity index is 353. The molecule has 0 aromatic carbocycles. The normalized spacial score (nSPS) is 10.7. The lowest BCUT2D eigenvalue weighted by Gasteiger charge is -2.18. The second-order valence-corrected chi connectivity index (χ2v) is 4.06. The van der Waals surface area contributed by atoms with Crippen LogP contribution in [0.3, 0.4) is 0 Å². The predicted octanol–water partition coefficient (Wildman–Crippen LogP) is 1.94. The van der Waals surface area contributed by atoms with E-state index in [2.05, 4.69) is 34.0 Å². The third kappa shape index (κ3) is 4.87. The van der Waals surface area contributed by atoms with Gasteiger partial charge in [-0.25, -0.2) is 4.98 Å². The fraction of sp³-hybridized carbons (Fsp3) is 0.692. The number of hydrogen-bond donors (Lipinski definition) is 1. The van der Waals surface area contributed by atoms with Gasteiger partial charge in [-0.15, -0.1) is 0 Å². The fourth-order valence-corrected chi connectivity index (χ4v) is 1.71. The smallest absolute Gasteiger partial charge is 0.226 e. The van der Waals surface area contributed by atoms with Crippen LogP contribution in [0.4, 0.5) is 5.95 Å². The zero-order valence-electron chi connectivity index (χ0n) is 11.9. The highest BCUT2D eigenvalue weighted by atomic mass is 16.5. The highest BCUT2D eigenvalue weighted by molar-refractivity contribution is 5.30. The molecule has 0 unspecified atom stereocenters. The largest absolute Gasteiger partial charge is 0.478 e. The van der Waals surface area contributed by atoms with Crippen molar-refractivity contribution in [1.29, 1.82) is 0 Å². The summed E-state index contributed by atoms with van der Waals surface area (Å²) in [6, 6.07) is 1.85. The molecule has 0 aliphatic rings. The summed E-state index contributed by atoms with van der Waals surface area (Å²) in [6.07, 6.45) is 0. The minimum absolute atomic E-state index is 0.620. The van der Waals surface area contributed by atoms with Crippen molar-refractivity contribution < 1.29 is 4.74 Å². The van der Waals surface area contributed by atoms with E-state index >= 15 is 0 Å². The Labute approximate surface area is 110 Å². The van der Waals surface area contributed by atoms with Gasteiger partial charge in [0.2, 0.25) is 11.8 Å². The lowest BCUT2D eigenvalue weighted by atomic mass is 10.4. The van der Waals surface area contributed by atoms with Crippen molar-refractivity contribution in [3.8, 4) is 5.88 Å². The number of likely N-dealkylation sites (N-methyl/N-ethyl adjacent to an activating group) is 1. The molecule has 5 heteroatoms. The Morgan fingerprint density at radius 3 is 2.56 bits per heavy atom.